The Balaban J connectivity index is 1.16. The molecule has 1 unspecified atom stereocenters. The van der Waals surface area contributed by atoms with E-state index < -0.39 is 0 Å². The molecule has 0 amide bonds. The van der Waals surface area contributed by atoms with Crippen molar-refractivity contribution in [2.45, 2.75) is 25.7 Å². The van der Waals surface area contributed by atoms with E-state index in [-0.39, 0.29) is 0 Å². The summed E-state index contributed by atoms with van der Waals surface area (Å²) in [6, 6.07) is 57.8. The van der Waals surface area contributed by atoms with Gasteiger partial charge < -0.3 is 4.42 Å². The Morgan fingerprint density at radius 1 is 0.491 bits per heavy atom. The number of nitrogens with zero attached hydrogens (tertiary/aromatic N) is 3. The summed E-state index contributed by atoms with van der Waals surface area (Å²) in [4.78, 5) is 15.1. The van der Waals surface area contributed by atoms with Crippen LogP contribution in [-0.4, -0.2) is 15.0 Å². The van der Waals surface area contributed by atoms with Crippen LogP contribution in [0.15, 0.2) is 168 Å². The third-order valence-corrected chi connectivity index (χ3v) is 10.7. The molecule has 9 aromatic rings. The molecule has 53 heavy (non-hydrogen) atoms. The highest BCUT2D eigenvalue weighted by Gasteiger charge is 2.25. The van der Waals surface area contributed by atoms with E-state index in [0.29, 0.717) is 23.4 Å². The largest absolute Gasteiger partial charge is 0.456 e. The van der Waals surface area contributed by atoms with Gasteiger partial charge in [0.25, 0.3) is 0 Å². The number of rotatable bonds is 5. The molecule has 1 aliphatic carbocycles. The predicted molar refractivity (Wildman–Crippen MR) is 216 cm³/mol. The molecular weight excluding hydrogens is 647 g/mol. The van der Waals surface area contributed by atoms with Crippen LogP contribution in [0.1, 0.15) is 34.6 Å². The highest BCUT2D eigenvalue weighted by molar-refractivity contribution is 6.13. The minimum absolute atomic E-state index is 0.332. The molecule has 0 fully saturated rings. The lowest BCUT2D eigenvalue weighted by Gasteiger charge is -2.20. The fraction of sp³-hybridized carbons (Fsp3) is 0.0816. The zero-order chi connectivity index (χ0) is 35.3. The molecule has 0 saturated carbocycles. The summed E-state index contributed by atoms with van der Waals surface area (Å²) in [5, 5.41) is 2.04. The van der Waals surface area contributed by atoms with Gasteiger partial charge in [0.05, 0.1) is 0 Å². The van der Waals surface area contributed by atoms with Crippen LogP contribution in [0.5, 0.6) is 0 Å². The van der Waals surface area contributed by atoms with Gasteiger partial charge in [-0.25, -0.2) is 15.0 Å². The Kier molecular flexibility index (Phi) is 7.54. The fourth-order valence-electron chi connectivity index (χ4n) is 8.15. The van der Waals surface area contributed by atoms with Crippen molar-refractivity contribution in [1.82, 2.24) is 15.0 Å². The average molecular weight is 682 g/mol. The molecule has 4 nitrogen and oxygen atoms in total. The van der Waals surface area contributed by atoms with Gasteiger partial charge in [0, 0.05) is 33.4 Å². The molecule has 0 bridgehead atoms. The third-order valence-electron chi connectivity index (χ3n) is 10.7. The zero-order valence-corrected chi connectivity index (χ0v) is 29.3. The van der Waals surface area contributed by atoms with Crippen LogP contribution in [0, 0.1) is 6.92 Å². The molecule has 0 radical (unpaired) electrons. The van der Waals surface area contributed by atoms with Crippen LogP contribution in [0.3, 0.4) is 0 Å². The molecule has 0 aliphatic heterocycles. The van der Waals surface area contributed by atoms with Crippen molar-refractivity contribution in [3.63, 3.8) is 0 Å². The van der Waals surface area contributed by atoms with Crippen molar-refractivity contribution in [3.8, 4) is 56.4 Å². The van der Waals surface area contributed by atoms with Crippen LogP contribution in [-0.2, 0) is 6.42 Å². The summed E-state index contributed by atoms with van der Waals surface area (Å²) in [7, 11) is 0. The summed E-state index contributed by atoms with van der Waals surface area (Å²) in [5.74, 6) is 2.21. The molecule has 1 atom stereocenters. The van der Waals surface area contributed by atoms with Gasteiger partial charge >= 0.3 is 0 Å². The predicted octanol–water partition coefficient (Wildman–Crippen LogP) is 12.5. The number of fused-ring (bicyclic) bond motifs is 6. The minimum Gasteiger partial charge on any atom is -0.456 e. The first-order chi connectivity index (χ1) is 26.2. The van der Waals surface area contributed by atoms with E-state index in [4.69, 9.17) is 19.4 Å². The highest BCUT2D eigenvalue weighted by Crippen LogP contribution is 2.45. The molecule has 0 saturated heterocycles. The lowest BCUT2D eigenvalue weighted by Crippen LogP contribution is -2.02. The second-order valence-electron chi connectivity index (χ2n) is 13.9. The highest BCUT2D eigenvalue weighted by atomic mass is 16.3. The van der Waals surface area contributed by atoms with Crippen molar-refractivity contribution < 1.29 is 4.42 Å². The Labute approximate surface area is 308 Å². The lowest BCUT2D eigenvalue weighted by atomic mass is 9.84. The summed E-state index contributed by atoms with van der Waals surface area (Å²) in [6.07, 6.45) is 2.13. The van der Waals surface area contributed by atoms with Crippen LogP contribution < -0.4 is 0 Å². The Morgan fingerprint density at radius 3 is 1.87 bits per heavy atom. The Morgan fingerprint density at radius 2 is 1.13 bits per heavy atom. The van der Waals surface area contributed by atoms with Crippen molar-refractivity contribution >= 4 is 21.9 Å². The number of aryl methyl sites for hydroxylation is 2. The molecule has 252 valence electrons. The number of furan rings is 1. The standard InChI is InChI=1S/C49H35N3O/c1-31-28-45-43(30-41(31)36-25-27-39-38(32-14-5-2-6-15-32)26-24-33-16-11-12-21-37(33)42(39)29-36)46-40(22-13-23-44(46)53-45)49-51-47(34-17-7-3-8-18-34)50-48(52-49)35-19-9-4-10-20-35/h2-23,25,27-30,38H,24,26H2,1H3. The van der Waals surface area contributed by atoms with E-state index >= 15 is 0 Å². The summed E-state index contributed by atoms with van der Waals surface area (Å²) < 4.78 is 6.56. The zero-order valence-electron chi connectivity index (χ0n) is 29.3. The maximum atomic E-state index is 6.56. The molecule has 4 heteroatoms. The SMILES string of the molecule is Cc1cc2oc3cccc(-c4nc(-c5ccccc5)nc(-c5ccccc5)n4)c3c2cc1-c1ccc2c(c1)-c1ccccc1CCC2c1ccccc1. The first kappa shape index (κ1) is 31.1. The minimum atomic E-state index is 0.332. The molecule has 10 rings (SSSR count). The van der Waals surface area contributed by atoms with Crippen LogP contribution in [0.4, 0.5) is 0 Å². The second kappa shape index (κ2) is 12.8. The number of hydrogen-bond acceptors (Lipinski definition) is 4. The van der Waals surface area contributed by atoms with Crippen molar-refractivity contribution in [2.24, 2.45) is 0 Å². The van der Waals surface area contributed by atoms with Gasteiger partial charge in [-0.15, -0.1) is 0 Å². The Bertz CT molecular complexity index is 2730. The smallest absolute Gasteiger partial charge is 0.164 e. The first-order valence-electron chi connectivity index (χ1n) is 18.3. The van der Waals surface area contributed by atoms with Crippen LogP contribution in [0.2, 0.25) is 0 Å². The lowest BCUT2D eigenvalue weighted by molar-refractivity contribution is 0.668. The summed E-state index contributed by atoms with van der Waals surface area (Å²) in [5.41, 5.74) is 14.8. The maximum Gasteiger partial charge on any atom is 0.164 e. The van der Waals surface area contributed by atoms with Gasteiger partial charge in [-0.05, 0) is 88.5 Å². The third kappa shape index (κ3) is 5.51. The van der Waals surface area contributed by atoms with E-state index in [9.17, 15) is 0 Å². The van der Waals surface area contributed by atoms with E-state index in [1.165, 1.54) is 38.9 Å². The quantitative estimate of drug-likeness (QED) is 0.181. The van der Waals surface area contributed by atoms with E-state index in [0.717, 1.165) is 57.0 Å². The maximum absolute atomic E-state index is 6.56. The second-order valence-corrected chi connectivity index (χ2v) is 13.9. The van der Waals surface area contributed by atoms with Gasteiger partial charge in [-0.3, -0.25) is 0 Å². The molecular formula is C49H35N3O. The molecule has 0 spiro atoms. The normalized spacial score (nSPS) is 13.8. The molecule has 0 N–H and O–H groups in total. The van der Waals surface area contributed by atoms with E-state index in [2.05, 4.69) is 97.9 Å². The van der Waals surface area contributed by atoms with Crippen molar-refractivity contribution in [2.75, 3.05) is 0 Å². The molecule has 2 aromatic heterocycles. The average Bonchev–Trinajstić information content (AvgIpc) is 3.50. The van der Waals surface area contributed by atoms with Crippen molar-refractivity contribution in [1.29, 1.82) is 0 Å². The number of hydrogen-bond donors (Lipinski definition) is 0. The molecule has 1 aliphatic rings. The number of aromatic nitrogens is 3. The first-order valence-corrected chi connectivity index (χ1v) is 18.3. The topological polar surface area (TPSA) is 51.8 Å². The molecule has 2 heterocycles. The summed E-state index contributed by atoms with van der Waals surface area (Å²) in [6.45, 7) is 2.18. The molecule has 7 aromatic carbocycles. The van der Waals surface area contributed by atoms with Crippen molar-refractivity contribution in [3.05, 3.63) is 186 Å². The summed E-state index contributed by atoms with van der Waals surface area (Å²) >= 11 is 0. The van der Waals surface area contributed by atoms with Gasteiger partial charge in [-0.2, -0.15) is 0 Å². The monoisotopic (exact) mass is 681 g/mol. The van der Waals surface area contributed by atoms with E-state index in [1.807, 2.05) is 72.8 Å². The van der Waals surface area contributed by atoms with Crippen LogP contribution in [0.25, 0.3) is 78.4 Å². The number of benzene rings is 7. The fourth-order valence-corrected chi connectivity index (χ4v) is 8.15. The van der Waals surface area contributed by atoms with Gasteiger partial charge in [0.15, 0.2) is 17.5 Å². The van der Waals surface area contributed by atoms with Gasteiger partial charge in [0.2, 0.25) is 0 Å². The van der Waals surface area contributed by atoms with Crippen LogP contribution >= 0.6 is 0 Å². The van der Waals surface area contributed by atoms with Gasteiger partial charge in [0.1, 0.15) is 11.2 Å². The van der Waals surface area contributed by atoms with E-state index in [1.54, 1.807) is 0 Å². The Hall–Kier alpha value is -6.65. The van der Waals surface area contributed by atoms with Gasteiger partial charge in [-0.1, -0.05) is 140 Å².